The smallest absolute Gasteiger partial charge is 0.408 e. The first kappa shape index (κ1) is 43.8. The quantitative estimate of drug-likeness (QED) is 0.0808. The molecule has 0 saturated heterocycles. The molecule has 0 aliphatic rings. The van der Waals surface area contributed by atoms with Crippen LogP contribution in [0.3, 0.4) is 0 Å². The number of hydrogen-bond acceptors (Lipinski definition) is 10. The highest BCUT2D eigenvalue weighted by Gasteiger charge is 2.28. The van der Waals surface area contributed by atoms with Gasteiger partial charge in [0.1, 0.15) is 35.6 Å². The molecule has 0 saturated carbocycles. The molecule has 0 aliphatic heterocycles. The zero-order chi connectivity index (χ0) is 39.9. The highest BCUT2D eigenvalue weighted by molar-refractivity contribution is 5.97. The van der Waals surface area contributed by atoms with E-state index in [1.165, 1.54) is 19.1 Å². The molecule has 5 amide bonds. The molecular weight excluding hydrogens is 686 g/mol. The first-order valence-electron chi connectivity index (χ1n) is 17.5. The molecule has 53 heavy (non-hydrogen) atoms. The first-order valence-corrected chi connectivity index (χ1v) is 17.5. The van der Waals surface area contributed by atoms with Gasteiger partial charge >= 0.3 is 18.2 Å². The number of rotatable bonds is 16. The molecule has 0 bridgehead atoms. The van der Waals surface area contributed by atoms with Crippen molar-refractivity contribution in [2.75, 3.05) is 11.9 Å². The number of nitrogens with one attached hydrogen (secondary N) is 5. The molecule has 292 valence electrons. The van der Waals surface area contributed by atoms with E-state index < -0.39 is 71.7 Å². The van der Waals surface area contributed by atoms with Gasteiger partial charge in [-0.1, -0.05) is 50.2 Å². The Morgan fingerprint density at radius 1 is 0.755 bits per heavy atom. The van der Waals surface area contributed by atoms with E-state index in [1.54, 1.807) is 73.6 Å². The second kappa shape index (κ2) is 20.0. The number of ether oxygens (including phenoxy) is 3. The number of carbonyl (C=O) groups excluding carboxylic acids is 6. The highest BCUT2D eigenvalue weighted by Crippen LogP contribution is 2.25. The number of alkyl carbamates (subject to hydrolysis) is 2. The molecule has 0 spiro atoms. The van der Waals surface area contributed by atoms with Crippen LogP contribution in [0.2, 0.25) is 0 Å². The number of amides is 5. The van der Waals surface area contributed by atoms with Crippen molar-refractivity contribution in [3.05, 3.63) is 59.7 Å². The lowest BCUT2D eigenvalue weighted by molar-refractivity contribution is -0.155. The van der Waals surface area contributed by atoms with Crippen LogP contribution in [0.4, 0.5) is 15.3 Å². The van der Waals surface area contributed by atoms with E-state index in [0.717, 1.165) is 5.56 Å². The second-order valence-corrected chi connectivity index (χ2v) is 14.9. The van der Waals surface area contributed by atoms with Gasteiger partial charge in [-0.3, -0.25) is 19.2 Å². The van der Waals surface area contributed by atoms with E-state index in [1.807, 2.05) is 18.2 Å². The van der Waals surface area contributed by atoms with Crippen LogP contribution in [0.1, 0.15) is 86.3 Å². The predicted octanol–water partition coefficient (Wildman–Crippen LogP) is 4.46. The van der Waals surface area contributed by atoms with Crippen LogP contribution in [-0.2, 0) is 46.4 Å². The minimum absolute atomic E-state index is 0.0176. The molecule has 0 radical (unpaired) electrons. The van der Waals surface area contributed by atoms with E-state index in [-0.39, 0.29) is 43.2 Å². The van der Waals surface area contributed by atoms with Gasteiger partial charge in [0.2, 0.25) is 17.7 Å². The molecule has 2 rings (SSSR count). The molecule has 0 fully saturated rings. The first-order chi connectivity index (χ1) is 24.6. The van der Waals surface area contributed by atoms with Gasteiger partial charge in [0.05, 0.1) is 12.2 Å². The molecule has 15 heteroatoms. The zero-order valence-corrected chi connectivity index (χ0v) is 32.1. The fourth-order valence-corrected chi connectivity index (χ4v) is 4.79. The summed E-state index contributed by atoms with van der Waals surface area (Å²) in [7, 11) is 0. The van der Waals surface area contributed by atoms with Gasteiger partial charge in [0.15, 0.2) is 0 Å². The molecule has 0 aliphatic carbocycles. The summed E-state index contributed by atoms with van der Waals surface area (Å²) in [5.41, 5.74) is 0.0203. The van der Waals surface area contributed by atoms with Gasteiger partial charge < -0.3 is 45.9 Å². The molecule has 6 N–H and O–H groups in total. The zero-order valence-electron chi connectivity index (χ0n) is 32.1. The topological polar surface area (TPSA) is 210 Å². The van der Waals surface area contributed by atoms with Gasteiger partial charge in [0.25, 0.3) is 0 Å². The summed E-state index contributed by atoms with van der Waals surface area (Å²) < 4.78 is 16.0. The van der Waals surface area contributed by atoms with Crippen LogP contribution in [0.25, 0.3) is 0 Å². The van der Waals surface area contributed by atoms with Gasteiger partial charge in [-0.25, -0.2) is 9.59 Å². The minimum atomic E-state index is -1.06. The van der Waals surface area contributed by atoms with E-state index >= 15 is 0 Å². The van der Waals surface area contributed by atoms with Gasteiger partial charge in [0, 0.05) is 12.5 Å². The third-order valence-corrected chi connectivity index (χ3v) is 7.27. The van der Waals surface area contributed by atoms with Crippen molar-refractivity contribution in [2.45, 2.75) is 118 Å². The summed E-state index contributed by atoms with van der Waals surface area (Å²) in [6.07, 6.45) is -0.995. The van der Waals surface area contributed by atoms with Gasteiger partial charge in [-0.05, 0) is 90.5 Å². The SMILES string of the molecule is CC(C)[C@H](NC(=O)OCc1ccccc1)C(=O)N[C@@H](C)C(=O)NCC(=O)Nc1cc(C[C@@H](CCC(=O)OC(C)(C)C)NC(=O)OC(C)(C)C)ccc1O. The molecule has 0 unspecified atom stereocenters. The third kappa shape index (κ3) is 17.6. The highest BCUT2D eigenvalue weighted by atomic mass is 16.6. The Bertz CT molecular complexity index is 1570. The fourth-order valence-electron chi connectivity index (χ4n) is 4.79. The number of anilines is 1. The fraction of sp³-hybridized carbons (Fsp3) is 0.526. The van der Waals surface area contributed by atoms with E-state index in [9.17, 15) is 33.9 Å². The summed E-state index contributed by atoms with van der Waals surface area (Å²) in [5.74, 6) is -2.96. The van der Waals surface area contributed by atoms with Crippen LogP contribution in [-0.4, -0.2) is 76.9 Å². The Balaban J connectivity index is 1.97. The number of carbonyl (C=O) groups is 6. The average molecular weight is 742 g/mol. The number of benzene rings is 2. The summed E-state index contributed by atoms with van der Waals surface area (Å²) in [5, 5.41) is 23.3. The number of phenols is 1. The Morgan fingerprint density at radius 2 is 1.40 bits per heavy atom. The summed E-state index contributed by atoms with van der Waals surface area (Å²) >= 11 is 0. The maximum Gasteiger partial charge on any atom is 0.408 e. The molecule has 15 nitrogen and oxygen atoms in total. The predicted molar refractivity (Wildman–Crippen MR) is 198 cm³/mol. The van der Waals surface area contributed by atoms with Crippen molar-refractivity contribution in [3.8, 4) is 5.75 Å². The van der Waals surface area contributed by atoms with E-state index in [4.69, 9.17) is 14.2 Å². The van der Waals surface area contributed by atoms with Crippen LogP contribution < -0.4 is 26.6 Å². The summed E-state index contributed by atoms with van der Waals surface area (Å²) in [6.45, 7) is 14.9. The van der Waals surface area contributed by atoms with E-state index in [2.05, 4.69) is 26.6 Å². The van der Waals surface area contributed by atoms with Crippen LogP contribution in [0, 0.1) is 5.92 Å². The van der Waals surface area contributed by atoms with Crippen LogP contribution in [0.5, 0.6) is 5.75 Å². The second-order valence-electron chi connectivity index (χ2n) is 14.9. The van der Waals surface area contributed by atoms with Crippen molar-refractivity contribution < 1.29 is 48.1 Å². The third-order valence-electron chi connectivity index (χ3n) is 7.27. The Morgan fingerprint density at radius 3 is 2.00 bits per heavy atom. The Kier molecular flexibility index (Phi) is 16.6. The lowest BCUT2D eigenvalue weighted by Crippen LogP contribution is -2.55. The molecule has 0 aromatic heterocycles. The maximum atomic E-state index is 13.0. The Hall–Kier alpha value is -5.34. The summed E-state index contributed by atoms with van der Waals surface area (Å²) in [4.78, 5) is 75.9. The minimum Gasteiger partial charge on any atom is -0.506 e. The summed E-state index contributed by atoms with van der Waals surface area (Å²) in [6, 6.07) is 10.9. The molecule has 3 atom stereocenters. The van der Waals surface area contributed by atoms with E-state index in [0.29, 0.717) is 5.56 Å². The van der Waals surface area contributed by atoms with Crippen LogP contribution >= 0.6 is 0 Å². The van der Waals surface area contributed by atoms with Crippen LogP contribution in [0.15, 0.2) is 48.5 Å². The van der Waals surface area contributed by atoms with Crippen molar-refractivity contribution in [3.63, 3.8) is 0 Å². The largest absolute Gasteiger partial charge is 0.506 e. The van der Waals surface area contributed by atoms with Gasteiger partial charge in [-0.2, -0.15) is 0 Å². The number of esters is 1. The van der Waals surface area contributed by atoms with Crippen molar-refractivity contribution in [2.24, 2.45) is 5.92 Å². The average Bonchev–Trinajstić information content (AvgIpc) is 3.04. The molecule has 2 aromatic carbocycles. The normalized spacial score (nSPS) is 13.1. The van der Waals surface area contributed by atoms with Crippen molar-refractivity contribution >= 4 is 41.6 Å². The molecular formula is C38H55N5O10. The lowest BCUT2D eigenvalue weighted by atomic mass is 10.0. The standard InChI is InChI=1S/C38H55N5O10/c1-23(2)32(43-35(49)51-22-25-13-11-10-12-14-25)34(48)40-24(3)33(47)39-21-30(45)42-28-20-26(15-17-29(28)44)19-27(41-36(50)53-38(7,8)9)16-18-31(46)52-37(4,5)6/h10-15,17,20,23-24,27,32,44H,16,18-19,21-22H2,1-9H3,(H,39,47)(H,40,48)(H,41,50)(H,42,45)(H,43,49)/t24-,27+,32-/m0/s1. The lowest BCUT2D eigenvalue weighted by Gasteiger charge is -2.25. The van der Waals surface area contributed by atoms with Gasteiger partial charge in [-0.15, -0.1) is 0 Å². The molecule has 0 heterocycles. The number of aromatic hydroxyl groups is 1. The van der Waals surface area contributed by atoms with Crippen molar-refractivity contribution in [1.29, 1.82) is 0 Å². The Labute approximate surface area is 311 Å². The number of phenolic OH excluding ortho intramolecular Hbond substituents is 1. The van der Waals surface area contributed by atoms with Crippen molar-refractivity contribution in [1.82, 2.24) is 21.3 Å². The molecule has 2 aromatic rings. The number of hydrogen-bond donors (Lipinski definition) is 6. The monoisotopic (exact) mass is 741 g/mol. The maximum absolute atomic E-state index is 13.0.